The van der Waals surface area contributed by atoms with Crippen molar-refractivity contribution >= 4 is 17.3 Å². The Kier molecular flexibility index (Phi) is 3.14. The fourth-order valence-electron chi connectivity index (χ4n) is 2.66. The van der Waals surface area contributed by atoms with Crippen LogP contribution >= 0.6 is 0 Å². The maximum atomic E-state index is 12.8. The number of fused-ring (bicyclic) bond motifs is 1. The summed E-state index contributed by atoms with van der Waals surface area (Å²) in [6.07, 6.45) is 3.59. The molecule has 0 atom stereocenters. The Morgan fingerprint density at radius 1 is 1.35 bits per heavy atom. The van der Waals surface area contributed by atoms with E-state index in [9.17, 15) is 4.79 Å². The Hall–Kier alpha value is -2.36. The highest BCUT2D eigenvalue weighted by Crippen LogP contribution is 2.28. The van der Waals surface area contributed by atoms with E-state index < -0.39 is 0 Å². The number of hydrogen-bond donors (Lipinski definition) is 1. The fraction of sp³-hybridized carbons (Fsp3) is 0.250. The number of rotatable bonds is 1. The van der Waals surface area contributed by atoms with Crippen LogP contribution in [0.15, 0.2) is 36.5 Å². The minimum Gasteiger partial charge on any atom is -0.397 e. The van der Waals surface area contributed by atoms with Gasteiger partial charge in [0, 0.05) is 12.2 Å². The Bertz CT molecular complexity index is 667. The lowest BCUT2D eigenvalue weighted by molar-refractivity contribution is 0.0984. The molecule has 1 aromatic heterocycles. The summed E-state index contributed by atoms with van der Waals surface area (Å²) in [5, 5.41) is 0. The van der Waals surface area contributed by atoms with Gasteiger partial charge in [0.2, 0.25) is 0 Å². The van der Waals surface area contributed by atoms with E-state index in [1.165, 1.54) is 5.56 Å². The molecule has 0 spiro atoms. The van der Waals surface area contributed by atoms with Crippen molar-refractivity contribution in [2.45, 2.75) is 19.8 Å². The van der Waals surface area contributed by atoms with E-state index in [0.717, 1.165) is 25.1 Å². The quantitative estimate of drug-likeness (QED) is 0.863. The number of anilines is 2. The molecule has 4 nitrogen and oxygen atoms in total. The summed E-state index contributed by atoms with van der Waals surface area (Å²) in [5.41, 5.74) is 9.80. The van der Waals surface area contributed by atoms with Gasteiger partial charge in [-0.25, -0.2) is 0 Å². The van der Waals surface area contributed by atoms with E-state index >= 15 is 0 Å². The van der Waals surface area contributed by atoms with Gasteiger partial charge >= 0.3 is 0 Å². The number of carbonyl (C=O) groups is 1. The maximum absolute atomic E-state index is 12.8. The van der Waals surface area contributed by atoms with Crippen molar-refractivity contribution < 1.29 is 4.79 Å². The van der Waals surface area contributed by atoms with E-state index in [0.29, 0.717) is 16.9 Å². The highest BCUT2D eigenvalue weighted by Gasteiger charge is 2.24. The number of hydrogen-bond acceptors (Lipinski definition) is 3. The molecule has 0 saturated heterocycles. The van der Waals surface area contributed by atoms with Crippen LogP contribution in [-0.2, 0) is 6.42 Å². The smallest absolute Gasteiger partial charge is 0.260 e. The molecular formula is C16H17N3O. The number of amides is 1. The van der Waals surface area contributed by atoms with Gasteiger partial charge in [-0.2, -0.15) is 0 Å². The van der Waals surface area contributed by atoms with Crippen LogP contribution in [0.25, 0.3) is 0 Å². The van der Waals surface area contributed by atoms with Crippen molar-refractivity contribution in [3.63, 3.8) is 0 Å². The van der Waals surface area contributed by atoms with Gasteiger partial charge in [0.15, 0.2) is 0 Å². The molecule has 0 radical (unpaired) electrons. The van der Waals surface area contributed by atoms with Crippen LogP contribution in [0, 0.1) is 6.92 Å². The van der Waals surface area contributed by atoms with Gasteiger partial charge in [-0.05, 0) is 37.5 Å². The standard InChI is InChI=1S/C16H17N3O/c1-11-14(9-13(17)10-18-11)16(20)19-8-4-6-12-5-2-3-7-15(12)19/h2-3,5,7,9-10H,4,6,8,17H2,1H3. The van der Waals surface area contributed by atoms with E-state index in [4.69, 9.17) is 5.73 Å². The van der Waals surface area contributed by atoms with Gasteiger partial charge < -0.3 is 10.6 Å². The minimum absolute atomic E-state index is 0.0190. The molecule has 0 saturated carbocycles. The second-order valence-corrected chi connectivity index (χ2v) is 5.09. The van der Waals surface area contributed by atoms with Crippen molar-refractivity contribution in [2.24, 2.45) is 0 Å². The highest BCUT2D eigenvalue weighted by atomic mass is 16.2. The summed E-state index contributed by atoms with van der Waals surface area (Å²) in [5.74, 6) is -0.0190. The van der Waals surface area contributed by atoms with Crippen molar-refractivity contribution in [2.75, 3.05) is 17.2 Å². The molecule has 2 N–H and O–H groups in total. The first kappa shape index (κ1) is 12.7. The largest absolute Gasteiger partial charge is 0.397 e. The summed E-state index contributed by atoms with van der Waals surface area (Å²) >= 11 is 0. The summed E-state index contributed by atoms with van der Waals surface area (Å²) < 4.78 is 0. The second kappa shape index (κ2) is 4.96. The van der Waals surface area contributed by atoms with Crippen molar-refractivity contribution in [1.82, 2.24) is 4.98 Å². The molecule has 1 aliphatic rings. The third-order valence-electron chi connectivity index (χ3n) is 3.69. The van der Waals surface area contributed by atoms with Crippen LogP contribution in [0.5, 0.6) is 0 Å². The number of benzene rings is 1. The topological polar surface area (TPSA) is 59.2 Å². The average Bonchev–Trinajstić information content (AvgIpc) is 2.48. The Labute approximate surface area is 118 Å². The fourth-order valence-corrected chi connectivity index (χ4v) is 2.66. The van der Waals surface area contributed by atoms with Gasteiger partial charge in [0.25, 0.3) is 5.91 Å². The molecule has 20 heavy (non-hydrogen) atoms. The number of para-hydroxylation sites is 1. The molecular weight excluding hydrogens is 250 g/mol. The van der Waals surface area contributed by atoms with Crippen molar-refractivity contribution in [3.05, 3.63) is 53.3 Å². The average molecular weight is 267 g/mol. The third kappa shape index (κ3) is 2.13. The minimum atomic E-state index is -0.0190. The second-order valence-electron chi connectivity index (χ2n) is 5.09. The number of aryl methyl sites for hydroxylation is 2. The van der Waals surface area contributed by atoms with Crippen LogP contribution in [0.1, 0.15) is 28.0 Å². The van der Waals surface area contributed by atoms with Gasteiger partial charge in [0.05, 0.1) is 23.1 Å². The first-order chi connectivity index (χ1) is 9.66. The number of nitrogen functional groups attached to an aromatic ring is 1. The lowest BCUT2D eigenvalue weighted by atomic mass is 10.0. The number of nitrogens with two attached hydrogens (primary N) is 1. The lowest BCUT2D eigenvalue weighted by Gasteiger charge is -2.29. The van der Waals surface area contributed by atoms with E-state index in [1.54, 1.807) is 12.3 Å². The zero-order valence-electron chi connectivity index (χ0n) is 11.5. The Morgan fingerprint density at radius 3 is 3.00 bits per heavy atom. The summed E-state index contributed by atoms with van der Waals surface area (Å²) in [7, 11) is 0. The molecule has 0 aliphatic carbocycles. The molecule has 2 heterocycles. The van der Waals surface area contributed by atoms with Gasteiger partial charge in [-0.3, -0.25) is 9.78 Å². The molecule has 102 valence electrons. The molecule has 4 heteroatoms. The molecule has 3 rings (SSSR count). The number of carbonyl (C=O) groups excluding carboxylic acids is 1. The van der Waals surface area contributed by atoms with Crippen LogP contribution in [0.2, 0.25) is 0 Å². The SMILES string of the molecule is Cc1ncc(N)cc1C(=O)N1CCCc2ccccc21. The first-order valence-corrected chi connectivity index (χ1v) is 6.78. The van der Waals surface area contributed by atoms with Gasteiger partial charge in [0.1, 0.15) is 0 Å². The monoisotopic (exact) mass is 267 g/mol. The van der Waals surface area contributed by atoms with Crippen LogP contribution < -0.4 is 10.6 Å². The highest BCUT2D eigenvalue weighted by molar-refractivity contribution is 6.07. The number of pyridine rings is 1. The van der Waals surface area contributed by atoms with Crippen LogP contribution in [0.3, 0.4) is 0 Å². The first-order valence-electron chi connectivity index (χ1n) is 6.78. The van der Waals surface area contributed by atoms with Crippen LogP contribution in [-0.4, -0.2) is 17.4 Å². The number of aromatic nitrogens is 1. The zero-order valence-corrected chi connectivity index (χ0v) is 11.5. The summed E-state index contributed by atoms with van der Waals surface area (Å²) in [6.45, 7) is 2.58. The van der Waals surface area contributed by atoms with Crippen molar-refractivity contribution in [3.8, 4) is 0 Å². The third-order valence-corrected chi connectivity index (χ3v) is 3.69. The molecule has 0 fully saturated rings. The van der Waals surface area contributed by atoms with E-state index in [2.05, 4.69) is 11.1 Å². The van der Waals surface area contributed by atoms with Crippen LogP contribution in [0.4, 0.5) is 11.4 Å². The predicted molar refractivity (Wildman–Crippen MR) is 79.8 cm³/mol. The van der Waals surface area contributed by atoms with Gasteiger partial charge in [-0.15, -0.1) is 0 Å². The molecule has 1 aromatic carbocycles. The summed E-state index contributed by atoms with van der Waals surface area (Å²) in [6, 6.07) is 9.78. The molecule has 1 aliphatic heterocycles. The molecule has 1 amide bonds. The Morgan fingerprint density at radius 2 is 2.15 bits per heavy atom. The normalized spacial score (nSPS) is 13.9. The van der Waals surface area contributed by atoms with Crippen molar-refractivity contribution in [1.29, 1.82) is 0 Å². The lowest BCUT2D eigenvalue weighted by Crippen LogP contribution is -2.36. The molecule has 0 bridgehead atoms. The van der Waals surface area contributed by atoms with Gasteiger partial charge in [-0.1, -0.05) is 18.2 Å². The van der Waals surface area contributed by atoms with E-state index in [1.807, 2.05) is 30.0 Å². The molecule has 2 aromatic rings. The zero-order chi connectivity index (χ0) is 14.1. The maximum Gasteiger partial charge on any atom is 0.260 e. The molecule has 0 unspecified atom stereocenters. The predicted octanol–water partition coefficient (Wildman–Crippen LogP) is 2.57. The Balaban J connectivity index is 2.02. The number of nitrogens with zero attached hydrogens (tertiary/aromatic N) is 2. The van der Waals surface area contributed by atoms with E-state index in [-0.39, 0.29) is 5.91 Å². The summed E-state index contributed by atoms with van der Waals surface area (Å²) in [4.78, 5) is 18.8.